The van der Waals surface area contributed by atoms with Crippen molar-refractivity contribution in [2.75, 3.05) is 0 Å². The zero-order valence-electron chi connectivity index (χ0n) is 8.49. The summed E-state index contributed by atoms with van der Waals surface area (Å²) in [6, 6.07) is 5.18. The Balaban J connectivity index is 3.46. The molecule has 0 radical (unpaired) electrons. The van der Waals surface area contributed by atoms with E-state index >= 15 is 0 Å². The molecule has 0 saturated heterocycles. The van der Waals surface area contributed by atoms with E-state index in [1.54, 1.807) is 12.1 Å². The third kappa shape index (κ3) is 2.41. The van der Waals surface area contributed by atoms with Crippen LogP contribution in [-0.2, 0) is 6.42 Å². The summed E-state index contributed by atoms with van der Waals surface area (Å²) >= 11 is 2.77. The summed E-state index contributed by atoms with van der Waals surface area (Å²) in [5, 5.41) is 0. The molecule has 78 valence electrons. The Morgan fingerprint density at radius 3 is 2.50 bits per heavy atom. The van der Waals surface area contributed by atoms with Crippen molar-refractivity contribution in [1.82, 2.24) is 0 Å². The van der Waals surface area contributed by atoms with Crippen LogP contribution in [0.4, 0.5) is 0 Å². The van der Waals surface area contributed by atoms with E-state index in [9.17, 15) is 4.79 Å². The van der Waals surface area contributed by atoms with Crippen molar-refractivity contribution in [3.05, 3.63) is 34.9 Å². The number of carbonyl (C=O) groups excluding carboxylic acids is 1. The van der Waals surface area contributed by atoms with E-state index in [1.807, 2.05) is 6.07 Å². The molecule has 0 fully saturated rings. The number of amides is 1. The van der Waals surface area contributed by atoms with Gasteiger partial charge < -0.3 is 0 Å². The maximum absolute atomic E-state index is 11.2. The zero-order valence-corrected chi connectivity index (χ0v) is 10.2. The van der Waals surface area contributed by atoms with Crippen LogP contribution >= 0.6 is 0 Å². The molecule has 16 heavy (non-hydrogen) atoms. The van der Waals surface area contributed by atoms with Gasteiger partial charge in [-0.05, 0) is 0 Å². The SMILES string of the molecule is C#CCc1c(C(N)=O)cccc1C(=[Se])C#C. The van der Waals surface area contributed by atoms with Gasteiger partial charge in [0.2, 0.25) is 0 Å². The molecule has 3 heteroatoms. The fraction of sp³-hybridized carbons (Fsp3) is 0.0769. The van der Waals surface area contributed by atoms with Crippen LogP contribution in [0.1, 0.15) is 21.5 Å². The van der Waals surface area contributed by atoms with Gasteiger partial charge in [0, 0.05) is 0 Å². The van der Waals surface area contributed by atoms with Crippen LogP contribution in [0, 0.1) is 24.7 Å². The molecule has 0 heterocycles. The molecule has 1 aromatic rings. The van der Waals surface area contributed by atoms with Crippen molar-refractivity contribution in [3.63, 3.8) is 0 Å². The van der Waals surface area contributed by atoms with Crippen LogP contribution in [0.15, 0.2) is 18.2 Å². The summed E-state index contributed by atoms with van der Waals surface area (Å²) in [5.41, 5.74) is 7.15. The summed E-state index contributed by atoms with van der Waals surface area (Å²) in [5.74, 6) is 4.48. The van der Waals surface area contributed by atoms with Gasteiger partial charge in [-0.3, -0.25) is 0 Å². The van der Waals surface area contributed by atoms with Crippen molar-refractivity contribution < 1.29 is 4.79 Å². The molecule has 0 aliphatic rings. The Labute approximate surface area is 103 Å². The summed E-state index contributed by atoms with van der Waals surface area (Å²) in [6.45, 7) is 0. The number of benzene rings is 1. The average Bonchev–Trinajstić information content (AvgIpc) is 2.28. The molecule has 0 aliphatic carbocycles. The molecule has 0 unspecified atom stereocenters. The zero-order chi connectivity index (χ0) is 12.1. The van der Waals surface area contributed by atoms with E-state index in [1.165, 1.54) is 0 Å². The van der Waals surface area contributed by atoms with Gasteiger partial charge in [0.15, 0.2) is 0 Å². The molecular formula is C13H9NOSe. The van der Waals surface area contributed by atoms with Crippen molar-refractivity contribution in [1.29, 1.82) is 0 Å². The number of nitrogens with two attached hydrogens (primary N) is 1. The summed E-state index contributed by atoms with van der Waals surface area (Å²) in [7, 11) is 0. The summed E-state index contributed by atoms with van der Waals surface area (Å²) in [6.07, 6.45) is 10.9. The van der Waals surface area contributed by atoms with Crippen molar-refractivity contribution in [2.24, 2.45) is 5.73 Å². The number of hydrogen-bond acceptors (Lipinski definition) is 1. The fourth-order valence-corrected chi connectivity index (χ4v) is 1.80. The molecular weight excluding hydrogens is 265 g/mol. The first kappa shape index (κ1) is 12.3. The molecule has 0 atom stereocenters. The van der Waals surface area contributed by atoms with Crippen LogP contribution in [0.3, 0.4) is 0 Å². The molecule has 0 bridgehead atoms. The van der Waals surface area contributed by atoms with Crippen LogP contribution in [0.2, 0.25) is 0 Å². The minimum atomic E-state index is -0.503. The van der Waals surface area contributed by atoms with Crippen LogP contribution in [-0.4, -0.2) is 25.9 Å². The molecule has 1 rings (SSSR count). The maximum atomic E-state index is 11.2. The standard InChI is InChI=1S/C13H9NOSe/c1-3-6-9-10(12(16)4-2)7-5-8-11(9)13(14)15/h1-2,5,7-8H,6H2,(H2,14,15). The number of primary amides is 1. The quantitative estimate of drug-likeness (QED) is 0.624. The normalized spacial score (nSPS) is 8.88. The summed E-state index contributed by atoms with van der Waals surface area (Å²) in [4.78, 5) is 11.2. The number of carbonyl (C=O) groups is 1. The molecule has 1 aromatic carbocycles. The molecule has 2 nitrogen and oxygen atoms in total. The summed E-state index contributed by atoms with van der Waals surface area (Å²) < 4.78 is 0.619. The molecule has 0 aliphatic heterocycles. The molecule has 0 saturated carbocycles. The van der Waals surface area contributed by atoms with Gasteiger partial charge in [0.05, 0.1) is 0 Å². The van der Waals surface area contributed by atoms with Crippen molar-refractivity contribution in [2.45, 2.75) is 6.42 Å². The van der Waals surface area contributed by atoms with Gasteiger partial charge >= 0.3 is 102 Å². The van der Waals surface area contributed by atoms with Crippen molar-refractivity contribution >= 4 is 25.9 Å². The first-order valence-corrected chi connectivity index (χ1v) is 5.33. The van der Waals surface area contributed by atoms with E-state index in [4.69, 9.17) is 18.6 Å². The molecule has 2 N–H and O–H groups in total. The van der Waals surface area contributed by atoms with Crippen LogP contribution < -0.4 is 5.73 Å². The minimum absolute atomic E-state index is 0.321. The van der Waals surface area contributed by atoms with E-state index in [0.29, 0.717) is 22.0 Å². The second-order valence-corrected chi connectivity index (χ2v) is 3.91. The van der Waals surface area contributed by atoms with Gasteiger partial charge in [0.1, 0.15) is 0 Å². The first-order chi connectivity index (χ1) is 7.61. The number of terminal acetylenes is 2. The van der Waals surface area contributed by atoms with Gasteiger partial charge in [0.25, 0.3) is 0 Å². The molecule has 1 amide bonds. The Kier molecular flexibility index (Phi) is 4.09. The third-order valence-electron chi connectivity index (χ3n) is 2.10. The predicted molar refractivity (Wildman–Crippen MR) is 66.2 cm³/mol. The van der Waals surface area contributed by atoms with Gasteiger partial charge in [-0.15, -0.1) is 0 Å². The Morgan fingerprint density at radius 1 is 1.38 bits per heavy atom. The second-order valence-electron chi connectivity index (χ2n) is 3.05. The third-order valence-corrected chi connectivity index (χ3v) is 2.80. The van der Waals surface area contributed by atoms with Crippen LogP contribution in [0.5, 0.6) is 0 Å². The Hall–Kier alpha value is -1.80. The predicted octanol–water partition coefficient (Wildman–Crippen LogP) is 0.283. The van der Waals surface area contributed by atoms with E-state index < -0.39 is 5.91 Å². The average molecular weight is 274 g/mol. The van der Waals surface area contributed by atoms with E-state index in [2.05, 4.69) is 27.4 Å². The topological polar surface area (TPSA) is 43.1 Å². The fourth-order valence-electron chi connectivity index (χ4n) is 1.40. The van der Waals surface area contributed by atoms with Gasteiger partial charge in [-0.2, -0.15) is 0 Å². The van der Waals surface area contributed by atoms with Crippen molar-refractivity contribution in [3.8, 4) is 24.7 Å². The van der Waals surface area contributed by atoms with Crippen LogP contribution in [0.25, 0.3) is 0 Å². The monoisotopic (exact) mass is 275 g/mol. The van der Waals surface area contributed by atoms with E-state index in [0.717, 1.165) is 5.56 Å². The molecule has 0 spiro atoms. The van der Waals surface area contributed by atoms with E-state index in [-0.39, 0.29) is 0 Å². The molecule has 0 aromatic heterocycles. The van der Waals surface area contributed by atoms with Gasteiger partial charge in [-0.25, -0.2) is 0 Å². The second kappa shape index (κ2) is 5.33. The Bertz CT molecular complexity index is 532. The first-order valence-electron chi connectivity index (χ1n) is 4.48. The number of hydrogen-bond donors (Lipinski definition) is 1. The Morgan fingerprint density at radius 2 is 2.00 bits per heavy atom. The van der Waals surface area contributed by atoms with Gasteiger partial charge in [-0.1, -0.05) is 0 Å². The number of rotatable bonds is 3.